The van der Waals surface area contributed by atoms with E-state index in [1.54, 1.807) is 11.3 Å². The van der Waals surface area contributed by atoms with Crippen LogP contribution < -0.4 is 5.32 Å². The Morgan fingerprint density at radius 1 is 1.60 bits per heavy atom. The second kappa shape index (κ2) is 6.49. The minimum atomic E-state index is -0.942. The number of carboxylic acids is 1. The number of thioether (sulfide) groups is 1. The van der Waals surface area contributed by atoms with Gasteiger partial charge in [0.25, 0.3) is 0 Å². The lowest BCUT2D eigenvalue weighted by atomic mass is 10.2. The van der Waals surface area contributed by atoms with Crippen LogP contribution in [-0.2, 0) is 11.2 Å². The summed E-state index contributed by atoms with van der Waals surface area (Å²) in [5, 5.41) is 13.9. The largest absolute Gasteiger partial charge is 0.480 e. The summed E-state index contributed by atoms with van der Waals surface area (Å²) in [4.78, 5) is 26.1. The molecular formula is C13H18N2O3S2. The highest BCUT2D eigenvalue weighted by Gasteiger charge is 2.39. The topological polar surface area (TPSA) is 69.6 Å². The van der Waals surface area contributed by atoms with Gasteiger partial charge >= 0.3 is 12.0 Å². The van der Waals surface area contributed by atoms with Crippen LogP contribution in [0.3, 0.4) is 0 Å². The van der Waals surface area contributed by atoms with Gasteiger partial charge in [0.2, 0.25) is 0 Å². The van der Waals surface area contributed by atoms with Gasteiger partial charge < -0.3 is 10.4 Å². The summed E-state index contributed by atoms with van der Waals surface area (Å²) < 4.78 is 0. The number of nitrogens with zero attached hydrogens (tertiary/aromatic N) is 1. The number of hydrogen-bond acceptors (Lipinski definition) is 4. The Balaban J connectivity index is 1.94. The van der Waals surface area contributed by atoms with Crippen molar-refractivity contribution in [3.05, 3.63) is 22.4 Å². The van der Waals surface area contributed by atoms with E-state index in [1.807, 2.05) is 31.4 Å². The van der Waals surface area contributed by atoms with Crippen molar-refractivity contribution in [3.8, 4) is 0 Å². The molecule has 2 N–H and O–H groups in total. The van der Waals surface area contributed by atoms with E-state index in [4.69, 9.17) is 5.11 Å². The van der Waals surface area contributed by atoms with Gasteiger partial charge in [0.15, 0.2) is 0 Å². The summed E-state index contributed by atoms with van der Waals surface area (Å²) in [5.41, 5.74) is 0. The number of nitrogens with one attached hydrogen (secondary N) is 1. The summed E-state index contributed by atoms with van der Waals surface area (Å²) >= 11 is 3.14. The molecule has 0 saturated carbocycles. The van der Waals surface area contributed by atoms with Crippen LogP contribution in [0.1, 0.15) is 18.7 Å². The van der Waals surface area contributed by atoms with Crippen LogP contribution in [0.4, 0.5) is 4.79 Å². The second-order valence-corrected chi connectivity index (χ2v) is 7.21. The molecule has 1 saturated heterocycles. The lowest BCUT2D eigenvalue weighted by molar-refractivity contribution is -0.141. The van der Waals surface area contributed by atoms with Crippen molar-refractivity contribution in [1.82, 2.24) is 10.2 Å². The first kappa shape index (κ1) is 15.2. The number of rotatable bonds is 4. The molecule has 0 radical (unpaired) electrons. The molecule has 3 atom stereocenters. The monoisotopic (exact) mass is 314 g/mol. The number of amides is 2. The predicted octanol–water partition coefficient (Wildman–Crippen LogP) is 2.24. The Bertz CT molecular complexity index is 478. The summed E-state index contributed by atoms with van der Waals surface area (Å²) in [5.74, 6) is -0.494. The molecular weight excluding hydrogens is 296 g/mol. The molecule has 110 valence electrons. The van der Waals surface area contributed by atoms with Crippen LogP contribution in [0.2, 0.25) is 0 Å². The predicted molar refractivity (Wildman–Crippen MR) is 81.2 cm³/mol. The van der Waals surface area contributed by atoms with Crippen LogP contribution >= 0.6 is 23.1 Å². The Morgan fingerprint density at radius 2 is 2.35 bits per heavy atom. The summed E-state index contributed by atoms with van der Waals surface area (Å²) in [6.07, 6.45) is 0.760. The molecule has 20 heavy (non-hydrogen) atoms. The highest BCUT2D eigenvalue weighted by molar-refractivity contribution is 8.00. The maximum absolute atomic E-state index is 12.3. The van der Waals surface area contributed by atoms with E-state index in [-0.39, 0.29) is 17.4 Å². The Morgan fingerprint density at radius 3 is 2.95 bits per heavy atom. The maximum atomic E-state index is 12.3. The Hall–Kier alpha value is -1.21. The fourth-order valence-electron chi connectivity index (χ4n) is 2.21. The van der Waals surface area contributed by atoms with Gasteiger partial charge in [-0.3, -0.25) is 4.90 Å². The molecule has 2 amide bonds. The highest BCUT2D eigenvalue weighted by atomic mass is 32.2. The lowest BCUT2D eigenvalue weighted by Crippen LogP contribution is -2.51. The number of carbonyl (C=O) groups is 2. The number of aliphatic carboxylic acids is 1. The van der Waals surface area contributed by atoms with E-state index >= 15 is 0 Å². The SMILES string of the molecule is CC(Cc1cccs1)NC(=O)N1C(C)SCC1C(=O)O. The van der Waals surface area contributed by atoms with E-state index in [0.717, 1.165) is 6.42 Å². The van der Waals surface area contributed by atoms with Crippen molar-refractivity contribution in [1.29, 1.82) is 0 Å². The van der Waals surface area contributed by atoms with Gasteiger partial charge in [-0.1, -0.05) is 6.07 Å². The molecule has 1 fully saturated rings. The fourth-order valence-corrected chi connectivity index (χ4v) is 4.21. The molecule has 1 aliphatic heterocycles. The van der Waals surface area contributed by atoms with E-state index in [0.29, 0.717) is 5.75 Å². The highest BCUT2D eigenvalue weighted by Crippen LogP contribution is 2.28. The molecule has 0 bridgehead atoms. The number of thiophene rings is 1. The van der Waals surface area contributed by atoms with Gasteiger partial charge in [0, 0.05) is 23.1 Å². The van der Waals surface area contributed by atoms with Crippen LogP contribution in [0.25, 0.3) is 0 Å². The minimum Gasteiger partial charge on any atom is -0.480 e. The van der Waals surface area contributed by atoms with Gasteiger partial charge in [0.1, 0.15) is 6.04 Å². The van der Waals surface area contributed by atoms with Gasteiger partial charge in [0.05, 0.1) is 5.37 Å². The lowest BCUT2D eigenvalue weighted by Gasteiger charge is -2.27. The third-order valence-corrected chi connectivity index (χ3v) is 5.32. The van der Waals surface area contributed by atoms with E-state index in [9.17, 15) is 9.59 Å². The first-order valence-corrected chi connectivity index (χ1v) is 8.37. The zero-order valence-corrected chi connectivity index (χ0v) is 13.0. The summed E-state index contributed by atoms with van der Waals surface area (Å²) in [7, 11) is 0. The average Bonchev–Trinajstić information content (AvgIpc) is 2.97. The zero-order valence-electron chi connectivity index (χ0n) is 11.4. The minimum absolute atomic E-state index is 0.0200. The molecule has 2 heterocycles. The first-order chi connectivity index (χ1) is 9.49. The second-order valence-electron chi connectivity index (χ2n) is 4.83. The van der Waals surface area contributed by atoms with Gasteiger partial charge in [-0.15, -0.1) is 23.1 Å². The normalized spacial score (nSPS) is 23.6. The van der Waals surface area contributed by atoms with Crippen LogP contribution in [0.5, 0.6) is 0 Å². The first-order valence-electron chi connectivity index (χ1n) is 6.44. The molecule has 0 spiro atoms. The fraction of sp³-hybridized carbons (Fsp3) is 0.538. The molecule has 1 aromatic heterocycles. The summed E-state index contributed by atoms with van der Waals surface area (Å²) in [6.45, 7) is 3.79. The van der Waals surface area contributed by atoms with Crippen LogP contribution in [-0.4, -0.2) is 45.2 Å². The van der Waals surface area contributed by atoms with E-state index < -0.39 is 12.0 Å². The third-order valence-electron chi connectivity index (χ3n) is 3.20. The molecule has 5 nitrogen and oxygen atoms in total. The van der Waals surface area contributed by atoms with Gasteiger partial charge in [-0.05, 0) is 25.3 Å². The molecule has 1 aromatic rings. The van der Waals surface area contributed by atoms with Crippen molar-refractivity contribution in [3.63, 3.8) is 0 Å². The third kappa shape index (κ3) is 3.46. The van der Waals surface area contributed by atoms with E-state index in [2.05, 4.69) is 5.32 Å². The maximum Gasteiger partial charge on any atom is 0.327 e. The van der Waals surface area contributed by atoms with Gasteiger partial charge in [-0.25, -0.2) is 9.59 Å². The number of urea groups is 1. The molecule has 7 heteroatoms. The standard InChI is InChI=1S/C13H18N2O3S2/c1-8(6-10-4-3-5-19-10)14-13(18)15-9(2)20-7-11(15)12(16)17/h3-5,8-9,11H,6-7H2,1-2H3,(H,14,18)(H,16,17). The summed E-state index contributed by atoms with van der Waals surface area (Å²) in [6, 6.07) is 2.96. The number of hydrogen-bond donors (Lipinski definition) is 2. The molecule has 1 aliphatic rings. The number of carbonyl (C=O) groups excluding carboxylic acids is 1. The van der Waals surface area contributed by atoms with Crippen molar-refractivity contribution in [2.24, 2.45) is 0 Å². The number of carboxylic acid groups (broad SMARTS) is 1. The molecule has 3 unspecified atom stereocenters. The van der Waals surface area contributed by atoms with Crippen molar-refractivity contribution in [2.45, 2.75) is 37.7 Å². The molecule has 0 aromatic carbocycles. The van der Waals surface area contributed by atoms with Crippen LogP contribution in [0, 0.1) is 0 Å². The molecule has 0 aliphatic carbocycles. The Labute approximate surface area is 126 Å². The average molecular weight is 314 g/mol. The van der Waals surface area contributed by atoms with Crippen LogP contribution in [0.15, 0.2) is 17.5 Å². The Kier molecular flexibility index (Phi) is 4.93. The van der Waals surface area contributed by atoms with Crippen molar-refractivity contribution >= 4 is 35.1 Å². The van der Waals surface area contributed by atoms with Gasteiger partial charge in [-0.2, -0.15) is 0 Å². The smallest absolute Gasteiger partial charge is 0.327 e. The zero-order chi connectivity index (χ0) is 14.7. The van der Waals surface area contributed by atoms with E-state index in [1.165, 1.54) is 21.5 Å². The van der Waals surface area contributed by atoms with Crippen molar-refractivity contribution < 1.29 is 14.7 Å². The molecule has 2 rings (SSSR count). The quantitative estimate of drug-likeness (QED) is 0.894. The van der Waals surface area contributed by atoms with Crippen molar-refractivity contribution in [2.75, 3.05) is 5.75 Å².